The third-order valence-electron chi connectivity index (χ3n) is 3.53. The molecule has 0 aliphatic carbocycles. The van der Waals surface area contributed by atoms with Crippen LogP contribution in [0.2, 0.25) is 0 Å². The molecule has 2 rings (SSSR count). The van der Waals surface area contributed by atoms with E-state index in [0.29, 0.717) is 18.4 Å². The highest BCUT2D eigenvalue weighted by Gasteiger charge is 2.39. The highest BCUT2D eigenvalue weighted by atomic mass is 16.2. The van der Waals surface area contributed by atoms with Crippen molar-refractivity contribution in [1.29, 1.82) is 0 Å². The van der Waals surface area contributed by atoms with Crippen LogP contribution in [-0.2, 0) is 4.79 Å². The Kier molecular flexibility index (Phi) is 3.94. The number of likely N-dealkylation sites (tertiary alicyclic amines) is 1. The zero-order valence-corrected chi connectivity index (χ0v) is 12.2. The smallest absolute Gasteiger partial charge is 0.224 e. The fourth-order valence-corrected chi connectivity index (χ4v) is 2.64. The highest BCUT2D eigenvalue weighted by Crippen LogP contribution is 2.32. The molecule has 1 aromatic heterocycles. The van der Waals surface area contributed by atoms with Crippen LogP contribution in [0.1, 0.15) is 51.8 Å². The average Bonchev–Trinajstić information content (AvgIpc) is 2.85. The third-order valence-corrected chi connectivity index (χ3v) is 3.53. The van der Waals surface area contributed by atoms with Crippen LogP contribution in [0.25, 0.3) is 0 Å². The van der Waals surface area contributed by atoms with Crippen molar-refractivity contribution in [2.45, 2.75) is 52.2 Å². The second-order valence-electron chi connectivity index (χ2n) is 6.10. The molecule has 0 radical (unpaired) electrons. The van der Waals surface area contributed by atoms with Crippen molar-refractivity contribution in [2.24, 2.45) is 11.7 Å². The van der Waals surface area contributed by atoms with Crippen molar-refractivity contribution in [3.8, 4) is 0 Å². The van der Waals surface area contributed by atoms with E-state index in [-0.39, 0.29) is 18.0 Å². The minimum absolute atomic E-state index is 0.0256. The topological polar surface area (TPSA) is 64.2 Å². The zero-order valence-electron chi connectivity index (χ0n) is 12.2. The van der Waals surface area contributed by atoms with Crippen molar-refractivity contribution in [1.82, 2.24) is 14.7 Å². The van der Waals surface area contributed by atoms with Crippen LogP contribution in [0.5, 0.6) is 0 Å². The van der Waals surface area contributed by atoms with E-state index in [1.54, 1.807) is 0 Å². The Morgan fingerprint density at radius 1 is 1.42 bits per heavy atom. The lowest BCUT2D eigenvalue weighted by Gasteiger charge is -2.27. The van der Waals surface area contributed by atoms with Gasteiger partial charge in [-0.05, 0) is 19.8 Å². The molecular weight excluding hydrogens is 240 g/mol. The van der Waals surface area contributed by atoms with Crippen LogP contribution in [0.15, 0.2) is 12.4 Å². The van der Waals surface area contributed by atoms with E-state index in [1.165, 1.54) is 0 Å². The van der Waals surface area contributed by atoms with Gasteiger partial charge in [0, 0.05) is 36.8 Å². The van der Waals surface area contributed by atoms with Gasteiger partial charge in [-0.2, -0.15) is 5.10 Å². The number of carbonyl (C=O) groups is 1. The molecule has 1 saturated heterocycles. The van der Waals surface area contributed by atoms with E-state index in [4.69, 9.17) is 5.73 Å². The molecular formula is C14H24N4O. The molecule has 5 heteroatoms. The molecule has 0 spiro atoms. The number of hydrogen-bond acceptors (Lipinski definition) is 3. The fourth-order valence-electron chi connectivity index (χ4n) is 2.64. The first-order valence-corrected chi connectivity index (χ1v) is 6.99. The van der Waals surface area contributed by atoms with Crippen molar-refractivity contribution < 1.29 is 4.79 Å². The molecule has 1 aliphatic heterocycles. The summed E-state index contributed by atoms with van der Waals surface area (Å²) in [4.78, 5) is 14.0. The molecule has 0 bridgehead atoms. The third kappa shape index (κ3) is 2.81. The second kappa shape index (κ2) is 5.33. The van der Waals surface area contributed by atoms with Crippen LogP contribution >= 0.6 is 0 Å². The number of carbonyl (C=O) groups excluding carboxylic acids is 1. The van der Waals surface area contributed by atoms with E-state index in [1.807, 2.05) is 22.0 Å². The minimum Gasteiger partial charge on any atom is -0.334 e. The summed E-state index contributed by atoms with van der Waals surface area (Å²) in [7, 11) is 0. The number of rotatable bonds is 4. The van der Waals surface area contributed by atoms with E-state index in [9.17, 15) is 4.79 Å². The van der Waals surface area contributed by atoms with Gasteiger partial charge in [0.2, 0.25) is 5.91 Å². The highest BCUT2D eigenvalue weighted by molar-refractivity contribution is 5.80. The summed E-state index contributed by atoms with van der Waals surface area (Å²) in [6.45, 7) is 9.16. The maximum absolute atomic E-state index is 12.1. The average molecular weight is 264 g/mol. The minimum atomic E-state index is -0.129. The molecule has 106 valence electrons. The lowest BCUT2D eigenvalue weighted by atomic mass is 10.0. The summed E-state index contributed by atoms with van der Waals surface area (Å²) < 4.78 is 1.92. The van der Waals surface area contributed by atoms with Crippen molar-refractivity contribution >= 4 is 5.91 Å². The molecule has 0 saturated carbocycles. The van der Waals surface area contributed by atoms with Gasteiger partial charge in [-0.15, -0.1) is 0 Å². The molecule has 1 aliphatic rings. The summed E-state index contributed by atoms with van der Waals surface area (Å²) in [5.41, 5.74) is 7.20. The van der Waals surface area contributed by atoms with Gasteiger partial charge in [-0.3, -0.25) is 9.48 Å². The number of amides is 1. The van der Waals surface area contributed by atoms with Gasteiger partial charge in [-0.1, -0.05) is 13.8 Å². The SMILES string of the molecule is CC(C)CN1C(=O)CC(N)C1c1cnn(C(C)C)c1. The Morgan fingerprint density at radius 2 is 2.11 bits per heavy atom. The first kappa shape index (κ1) is 14.1. The summed E-state index contributed by atoms with van der Waals surface area (Å²) in [5.74, 6) is 0.598. The molecule has 2 unspecified atom stereocenters. The van der Waals surface area contributed by atoms with Crippen LogP contribution in [0, 0.1) is 5.92 Å². The van der Waals surface area contributed by atoms with Gasteiger partial charge in [-0.25, -0.2) is 0 Å². The Balaban J connectivity index is 2.25. The predicted octanol–water partition coefficient (Wildman–Crippen LogP) is 1.72. The van der Waals surface area contributed by atoms with Crippen molar-refractivity contribution in [3.63, 3.8) is 0 Å². The molecule has 1 amide bonds. The molecule has 1 fully saturated rings. The van der Waals surface area contributed by atoms with Gasteiger partial charge < -0.3 is 10.6 Å². The van der Waals surface area contributed by atoms with Gasteiger partial charge in [0.05, 0.1) is 12.2 Å². The Morgan fingerprint density at radius 3 is 2.63 bits per heavy atom. The number of nitrogens with zero attached hydrogens (tertiary/aromatic N) is 3. The van der Waals surface area contributed by atoms with E-state index < -0.39 is 0 Å². The zero-order chi connectivity index (χ0) is 14.2. The van der Waals surface area contributed by atoms with Gasteiger partial charge in [0.25, 0.3) is 0 Å². The fraction of sp³-hybridized carbons (Fsp3) is 0.714. The predicted molar refractivity (Wildman–Crippen MR) is 74.5 cm³/mol. The lowest BCUT2D eigenvalue weighted by Crippen LogP contribution is -2.35. The number of nitrogens with two attached hydrogens (primary N) is 1. The molecule has 1 aromatic rings. The lowest BCUT2D eigenvalue weighted by molar-refractivity contribution is -0.129. The maximum Gasteiger partial charge on any atom is 0.224 e. The van der Waals surface area contributed by atoms with Crippen molar-refractivity contribution in [2.75, 3.05) is 6.54 Å². The van der Waals surface area contributed by atoms with Crippen molar-refractivity contribution in [3.05, 3.63) is 18.0 Å². The van der Waals surface area contributed by atoms with Crippen LogP contribution < -0.4 is 5.73 Å². The molecule has 5 nitrogen and oxygen atoms in total. The molecule has 19 heavy (non-hydrogen) atoms. The van der Waals surface area contributed by atoms with E-state index >= 15 is 0 Å². The van der Waals surface area contributed by atoms with E-state index in [2.05, 4.69) is 32.8 Å². The number of hydrogen-bond donors (Lipinski definition) is 1. The quantitative estimate of drug-likeness (QED) is 0.900. The standard InChI is InChI=1S/C14H24N4O/c1-9(2)7-17-13(19)5-12(15)14(17)11-6-16-18(8-11)10(3)4/h6,8-10,12,14H,5,7,15H2,1-4H3. The monoisotopic (exact) mass is 264 g/mol. The Labute approximate surface area is 114 Å². The summed E-state index contributed by atoms with van der Waals surface area (Å²) in [6.07, 6.45) is 4.29. The van der Waals surface area contributed by atoms with Gasteiger partial charge in [0.15, 0.2) is 0 Å². The van der Waals surface area contributed by atoms with Gasteiger partial charge >= 0.3 is 0 Å². The number of aromatic nitrogens is 2. The second-order valence-corrected chi connectivity index (χ2v) is 6.10. The molecule has 2 N–H and O–H groups in total. The summed E-state index contributed by atoms with van der Waals surface area (Å²) in [6, 6.07) is 0.166. The summed E-state index contributed by atoms with van der Waals surface area (Å²) >= 11 is 0. The first-order chi connectivity index (χ1) is 8.90. The van der Waals surface area contributed by atoms with Crippen LogP contribution in [0.4, 0.5) is 0 Å². The van der Waals surface area contributed by atoms with Gasteiger partial charge in [0.1, 0.15) is 0 Å². The first-order valence-electron chi connectivity index (χ1n) is 6.99. The molecule has 2 atom stereocenters. The van der Waals surface area contributed by atoms with E-state index in [0.717, 1.165) is 12.1 Å². The Bertz CT molecular complexity index is 452. The largest absolute Gasteiger partial charge is 0.334 e. The Hall–Kier alpha value is -1.36. The molecule has 0 aromatic carbocycles. The van der Waals surface area contributed by atoms with Crippen LogP contribution in [0.3, 0.4) is 0 Å². The summed E-state index contributed by atoms with van der Waals surface area (Å²) in [5, 5.41) is 4.36. The van der Waals surface area contributed by atoms with Crippen LogP contribution in [-0.4, -0.2) is 33.2 Å². The molecule has 2 heterocycles. The normalized spacial score (nSPS) is 23.9. The maximum atomic E-state index is 12.1.